The number of nitrogens with one attached hydrogen (secondary N) is 1. The predicted octanol–water partition coefficient (Wildman–Crippen LogP) is 4.59. The lowest BCUT2D eigenvalue weighted by molar-refractivity contribution is -0.113. The number of nitrogens with zero attached hydrogens (tertiary/aromatic N) is 3. The second-order valence-corrected chi connectivity index (χ2v) is 7.85. The first-order valence-electron chi connectivity index (χ1n) is 9.58. The maximum Gasteiger partial charge on any atom is 0.234 e. The number of hydrogen-bond donors (Lipinski definition) is 1. The second-order valence-electron chi connectivity index (χ2n) is 6.91. The van der Waals surface area contributed by atoms with E-state index in [2.05, 4.69) is 15.5 Å². The maximum atomic E-state index is 12.4. The molecule has 3 aromatic carbocycles. The van der Waals surface area contributed by atoms with E-state index in [1.165, 1.54) is 11.8 Å². The zero-order valence-electron chi connectivity index (χ0n) is 16.8. The number of thioether (sulfide) groups is 1. The van der Waals surface area contributed by atoms with Crippen molar-refractivity contribution in [2.75, 3.05) is 11.1 Å². The van der Waals surface area contributed by atoms with Gasteiger partial charge in [-0.15, -0.1) is 10.2 Å². The molecule has 0 aliphatic carbocycles. The molecule has 0 saturated heterocycles. The van der Waals surface area contributed by atoms with Gasteiger partial charge in [-0.3, -0.25) is 4.79 Å². The molecule has 1 N–H and O–H groups in total. The monoisotopic (exact) mass is 418 g/mol. The lowest BCUT2D eigenvalue weighted by atomic mass is 10.1. The molecule has 7 heteroatoms. The molecule has 0 spiro atoms. The normalized spacial score (nSPS) is 10.9. The minimum Gasteiger partial charge on any atom is -0.485 e. The van der Waals surface area contributed by atoms with Gasteiger partial charge in [-0.25, -0.2) is 0 Å². The van der Waals surface area contributed by atoms with E-state index in [-0.39, 0.29) is 11.7 Å². The molecule has 4 aromatic rings. The fourth-order valence-electron chi connectivity index (χ4n) is 3.05. The van der Waals surface area contributed by atoms with Gasteiger partial charge in [-0.2, -0.15) is 0 Å². The van der Waals surface area contributed by atoms with Gasteiger partial charge in [0.05, 0.1) is 5.75 Å². The quantitative estimate of drug-likeness (QED) is 0.445. The number of carbonyl (C=O) groups is 1. The van der Waals surface area contributed by atoms with Crippen LogP contribution in [0.2, 0.25) is 0 Å². The lowest BCUT2D eigenvalue weighted by Gasteiger charge is -2.09. The van der Waals surface area contributed by atoms with Crippen LogP contribution >= 0.6 is 11.8 Å². The standard InChI is InChI=1S/C23H22N4O2S/c1-16-7-3-6-10-20(16)29-14-21-25-26-23(27(21)2)30-15-22(28)24-19-12-11-17-8-4-5-9-18(17)13-19/h3-13H,14-15H2,1-2H3,(H,24,28). The van der Waals surface area contributed by atoms with Gasteiger partial charge in [0.25, 0.3) is 0 Å². The molecule has 1 heterocycles. The molecule has 1 amide bonds. The molecule has 0 unspecified atom stereocenters. The first kappa shape index (κ1) is 20.0. The molecule has 0 bridgehead atoms. The first-order chi connectivity index (χ1) is 14.6. The predicted molar refractivity (Wildman–Crippen MR) is 120 cm³/mol. The highest BCUT2D eigenvalue weighted by Crippen LogP contribution is 2.21. The summed E-state index contributed by atoms with van der Waals surface area (Å²) in [6, 6.07) is 21.8. The Hall–Kier alpha value is -3.32. The summed E-state index contributed by atoms with van der Waals surface area (Å²) in [6.07, 6.45) is 0. The van der Waals surface area contributed by atoms with E-state index in [9.17, 15) is 4.79 Å². The zero-order chi connectivity index (χ0) is 20.9. The minimum absolute atomic E-state index is 0.0870. The molecule has 0 fully saturated rings. The van der Waals surface area contributed by atoms with Crippen LogP contribution in [0.3, 0.4) is 0 Å². The van der Waals surface area contributed by atoms with Crippen molar-refractivity contribution in [3.05, 3.63) is 78.1 Å². The summed E-state index contributed by atoms with van der Waals surface area (Å²) in [4.78, 5) is 12.4. The van der Waals surface area contributed by atoms with Crippen LogP contribution < -0.4 is 10.1 Å². The van der Waals surface area contributed by atoms with E-state index >= 15 is 0 Å². The number of para-hydroxylation sites is 1. The van der Waals surface area contributed by atoms with Crippen LogP contribution in [0.25, 0.3) is 10.8 Å². The summed E-state index contributed by atoms with van der Waals surface area (Å²) < 4.78 is 7.70. The van der Waals surface area contributed by atoms with Crippen LogP contribution in [-0.4, -0.2) is 26.4 Å². The largest absolute Gasteiger partial charge is 0.485 e. The van der Waals surface area contributed by atoms with Crippen LogP contribution in [0.5, 0.6) is 5.75 Å². The highest BCUT2D eigenvalue weighted by molar-refractivity contribution is 7.99. The molecule has 0 atom stereocenters. The lowest BCUT2D eigenvalue weighted by Crippen LogP contribution is -2.14. The highest BCUT2D eigenvalue weighted by Gasteiger charge is 2.13. The van der Waals surface area contributed by atoms with Crippen LogP contribution in [0.4, 0.5) is 5.69 Å². The van der Waals surface area contributed by atoms with Gasteiger partial charge in [-0.05, 0) is 41.5 Å². The Balaban J connectivity index is 1.33. The van der Waals surface area contributed by atoms with Gasteiger partial charge >= 0.3 is 0 Å². The third kappa shape index (κ3) is 4.63. The van der Waals surface area contributed by atoms with Crippen LogP contribution in [0, 0.1) is 6.92 Å². The van der Waals surface area contributed by atoms with Gasteiger partial charge in [0.2, 0.25) is 5.91 Å². The first-order valence-corrected chi connectivity index (χ1v) is 10.6. The Morgan fingerprint density at radius 2 is 1.80 bits per heavy atom. The van der Waals surface area contributed by atoms with Crippen molar-refractivity contribution in [3.8, 4) is 5.75 Å². The molecule has 1 aromatic heterocycles. The summed E-state index contributed by atoms with van der Waals surface area (Å²) in [5.41, 5.74) is 1.85. The number of ether oxygens (including phenoxy) is 1. The van der Waals surface area contributed by atoms with Crippen molar-refractivity contribution in [1.29, 1.82) is 0 Å². The number of amides is 1. The Bertz CT molecular complexity index is 1190. The number of hydrogen-bond acceptors (Lipinski definition) is 5. The van der Waals surface area contributed by atoms with E-state index in [0.717, 1.165) is 27.8 Å². The van der Waals surface area contributed by atoms with Gasteiger partial charge < -0.3 is 14.6 Å². The smallest absolute Gasteiger partial charge is 0.234 e. The summed E-state index contributed by atoms with van der Waals surface area (Å²) >= 11 is 1.35. The molecule has 152 valence electrons. The fraction of sp³-hybridized carbons (Fsp3) is 0.174. The molecule has 0 radical (unpaired) electrons. The van der Waals surface area contributed by atoms with Crippen molar-refractivity contribution in [2.24, 2.45) is 7.05 Å². The van der Waals surface area contributed by atoms with Gasteiger partial charge in [0.1, 0.15) is 12.4 Å². The fourth-order valence-corrected chi connectivity index (χ4v) is 3.78. The SMILES string of the molecule is Cc1ccccc1OCc1nnc(SCC(=O)Nc2ccc3ccccc3c2)n1C. The van der Waals surface area contributed by atoms with E-state index in [0.29, 0.717) is 17.6 Å². The molecule has 30 heavy (non-hydrogen) atoms. The molecule has 6 nitrogen and oxygen atoms in total. The molecule has 0 aliphatic heterocycles. The second kappa shape index (κ2) is 9.00. The third-order valence-corrected chi connectivity index (χ3v) is 5.76. The summed E-state index contributed by atoms with van der Waals surface area (Å²) in [6.45, 7) is 2.32. The van der Waals surface area contributed by atoms with E-state index in [1.807, 2.05) is 85.3 Å². The van der Waals surface area contributed by atoms with E-state index in [4.69, 9.17) is 4.74 Å². The Morgan fingerprint density at radius 3 is 2.63 bits per heavy atom. The Kier molecular flexibility index (Phi) is 5.99. The summed E-state index contributed by atoms with van der Waals surface area (Å²) in [7, 11) is 1.88. The van der Waals surface area contributed by atoms with Crippen LogP contribution in [-0.2, 0) is 18.4 Å². The Labute approximate surface area is 179 Å². The number of benzene rings is 3. The number of anilines is 1. The van der Waals surface area contributed by atoms with Crippen molar-refractivity contribution in [1.82, 2.24) is 14.8 Å². The van der Waals surface area contributed by atoms with Crippen molar-refractivity contribution in [2.45, 2.75) is 18.7 Å². The van der Waals surface area contributed by atoms with Gasteiger partial charge in [-0.1, -0.05) is 60.3 Å². The average Bonchev–Trinajstić information content (AvgIpc) is 3.11. The molecule has 0 saturated carbocycles. The number of aryl methyl sites for hydroxylation is 1. The minimum atomic E-state index is -0.0870. The number of aromatic nitrogens is 3. The van der Waals surface area contributed by atoms with E-state index < -0.39 is 0 Å². The van der Waals surface area contributed by atoms with Crippen LogP contribution in [0.1, 0.15) is 11.4 Å². The van der Waals surface area contributed by atoms with Gasteiger partial charge in [0.15, 0.2) is 11.0 Å². The van der Waals surface area contributed by atoms with Crippen LogP contribution in [0.15, 0.2) is 71.9 Å². The number of carbonyl (C=O) groups excluding carboxylic acids is 1. The average molecular weight is 419 g/mol. The third-order valence-electron chi connectivity index (χ3n) is 4.74. The zero-order valence-corrected chi connectivity index (χ0v) is 17.6. The van der Waals surface area contributed by atoms with Crippen molar-refractivity contribution < 1.29 is 9.53 Å². The molecular weight excluding hydrogens is 396 g/mol. The molecule has 4 rings (SSSR count). The van der Waals surface area contributed by atoms with Gasteiger partial charge in [0, 0.05) is 12.7 Å². The summed E-state index contributed by atoms with van der Waals surface area (Å²) in [5.74, 6) is 1.69. The number of rotatable bonds is 7. The van der Waals surface area contributed by atoms with Crippen molar-refractivity contribution >= 4 is 34.1 Å². The highest BCUT2D eigenvalue weighted by atomic mass is 32.2. The number of fused-ring (bicyclic) bond motifs is 1. The molecule has 0 aliphatic rings. The van der Waals surface area contributed by atoms with Crippen molar-refractivity contribution in [3.63, 3.8) is 0 Å². The van der Waals surface area contributed by atoms with E-state index in [1.54, 1.807) is 0 Å². The Morgan fingerprint density at radius 1 is 1.03 bits per heavy atom. The molecular formula is C23H22N4O2S. The maximum absolute atomic E-state index is 12.4. The summed E-state index contributed by atoms with van der Waals surface area (Å²) in [5, 5.41) is 14.2. The topological polar surface area (TPSA) is 69.0 Å².